The van der Waals surface area contributed by atoms with Crippen LogP contribution in [-0.2, 0) is 17.9 Å². The Hall–Kier alpha value is -1.25. The van der Waals surface area contributed by atoms with Crippen LogP contribution < -0.4 is 0 Å². The summed E-state index contributed by atoms with van der Waals surface area (Å²) >= 11 is 2.38. The van der Waals surface area contributed by atoms with Crippen molar-refractivity contribution in [1.82, 2.24) is 14.5 Å². The van der Waals surface area contributed by atoms with E-state index in [-0.39, 0.29) is 0 Å². The van der Waals surface area contributed by atoms with Crippen molar-refractivity contribution in [3.63, 3.8) is 0 Å². The normalized spacial score (nSPS) is 12.0. The third kappa shape index (κ3) is 4.92. The van der Waals surface area contributed by atoms with E-state index in [1.54, 1.807) is 6.33 Å². The minimum absolute atomic E-state index is 0.547. The molecule has 4 nitrogen and oxygen atoms in total. The van der Waals surface area contributed by atoms with Crippen LogP contribution in [0.2, 0.25) is 25.7 Å². The highest BCUT2D eigenvalue weighted by molar-refractivity contribution is 14.1. The Kier molecular flexibility index (Phi) is 6.14. The summed E-state index contributed by atoms with van der Waals surface area (Å²) < 4.78 is 9.20. The average molecular weight is 479 g/mol. The Morgan fingerprint density at radius 2 is 2.00 bits per heavy atom. The fraction of sp³-hybridized carbons (Fsp3) is 0.400. The number of rotatable bonds is 7. The number of benzene rings is 1. The zero-order valence-corrected chi connectivity index (χ0v) is 19.1. The van der Waals surface area contributed by atoms with E-state index in [2.05, 4.69) is 94.2 Å². The summed E-state index contributed by atoms with van der Waals surface area (Å²) in [7, 11) is -1.06. The van der Waals surface area contributed by atoms with Gasteiger partial charge in [-0.2, -0.15) is 0 Å². The first kappa shape index (κ1) is 19.5. The van der Waals surface area contributed by atoms with Gasteiger partial charge in [-0.3, -0.25) is 0 Å². The van der Waals surface area contributed by atoms with E-state index in [4.69, 9.17) is 4.74 Å². The van der Waals surface area contributed by atoms with Crippen LogP contribution in [0.25, 0.3) is 11.0 Å². The van der Waals surface area contributed by atoms with E-state index in [9.17, 15) is 0 Å². The van der Waals surface area contributed by atoms with Crippen molar-refractivity contribution >= 4 is 41.7 Å². The fourth-order valence-corrected chi connectivity index (χ4v) is 4.57. The van der Waals surface area contributed by atoms with Gasteiger partial charge in [0.15, 0.2) is 0 Å². The standard InChI is InChI=1S/C20H26IN3OSi/c1-15-6-5-7-16(10-15)11-18-19-17(21)12-24(20(19)23-13-22-18)14-25-8-9-26(2,3)4/h5-7,10,12-13H,8-9,11,14H2,1-4H3. The Labute approximate surface area is 170 Å². The Bertz CT molecular complexity index is 902. The number of hydrogen-bond donors (Lipinski definition) is 0. The highest BCUT2D eigenvalue weighted by atomic mass is 127. The Balaban J connectivity index is 1.81. The van der Waals surface area contributed by atoms with Crippen molar-refractivity contribution in [3.05, 3.63) is 57.2 Å². The molecule has 0 fully saturated rings. The summed E-state index contributed by atoms with van der Waals surface area (Å²) in [5, 5.41) is 1.14. The Morgan fingerprint density at radius 3 is 2.73 bits per heavy atom. The molecule has 0 saturated carbocycles. The van der Waals surface area contributed by atoms with E-state index in [1.807, 2.05) is 0 Å². The van der Waals surface area contributed by atoms with Crippen molar-refractivity contribution in [3.8, 4) is 0 Å². The summed E-state index contributed by atoms with van der Waals surface area (Å²) in [5.74, 6) is 0. The summed E-state index contributed by atoms with van der Waals surface area (Å²) in [6.07, 6.45) is 4.60. The van der Waals surface area contributed by atoms with Crippen molar-refractivity contribution in [2.24, 2.45) is 0 Å². The monoisotopic (exact) mass is 479 g/mol. The van der Waals surface area contributed by atoms with Gasteiger partial charge in [-0.05, 0) is 41.1 Å². The maximum absolute atomic E-state index is 5.92. The highest BCUT2D eigenvalue weighted by Gasteiger charge is 2.15. The van der Waals surface area contributed by atoms with Gasteiger partial charge in [0.2, 0.25) is 0 Å². The third-order valence-electron chi connectivity index (χ3n) is 4.37. The maximum atomic E-state index is 5.92. The molecule has 0 N–H and O–H groups in total. The van der Waals surface area contributed by atoms with Crippen LogP contribution in [0.3, 0.4) is 0 Å². The van der Waals surface area contributed by atoms with Crippen molar-refractivity contribution in [2.45, 2.75) is 45.8 Å². The predicted octanol–water partition coefficient (Wildman–Crippen LogP) is 5.25. The van der Waals surface area contributed by atoms with E-state index in [1.165, 1.54) is 20.7 Å². The number of nitrogens with zero attached hydrogens (tertiary/aromatic N) is 3. The lowest BCUT2D eigenvalue weighted by molar-refractivity contribution is 0.0898. The molecule has 6 heteroatoms. The van der Waals surface area contributed by atoms with Gasteiger partial charge in [0, 0.05) is 30.9 Å². The van der Waals surface area contributed by atoms with Gasteiger partial charge < -0.3 is 9.30 Å². The summed E-state index contributed by atoms with van der Waals surface area (Å²) in [5.41, 5.74) is 4.58. The SMILES string of the molecule is Cc1cccc(Cc2ncnc3c2c(I)cn3COCC[Si](C)(C)C)c1. The van der Waals surface area contributed by atoms with Gasteiger partial charge in [-0.25, -0.2) is 9.97 Å². The lowest BCUT2D eigenvalue weighted by Crippen LogP contribution is -2.22. The number of ether oxygens (including phenoxy) is 1. The molecule has 2 aromatic heterocycles. The molecule has 0 spiro atoms. The second kappa shape index (κ2) is 8.18. The predicted molar refractivity (Wildman–Crippen MR) is 118 cm³/mol. The minimum Gasteiger partial charge on any atom is -0.361 e. The average Bonchev–Trinajstić information content (AvgIpc) is 2.88. The highest BCUT2D eigenvalue weighted by Crippen LogP contribution is 2.25. The fourth-order valence-electron chi connectivity index (χ4n) is 2.93. The molecule has 0 amide bonds. The van der Waals surface area contributed by atoms with E-state index in [0.29, 0.717) is 6.73 Å². The second-order valence-electron chi connectivity index (χ2n) is 7.98. The van der Waals surface area contributed by atoms with Crippen LogP contribution in [0.4, 0.5) is 0 Å². The maximum Gasteiger partial charge on any atom is 0.146 e. The smallest absolute Gasteiger partial charge is 0.146 e. The van der Waals surface area contributed by atoms with E-state index >= 15 is 0 Å². The first-order valence-electron chi connectivity index (χ1n) is 8.95. The molecule has 0 aliphatic carbocycles. The molecule has 0 aliphatic heterocycles. The quantitative estimate of drug-likeness (QED) is 0.264. The third-order valence-corrected chi connectivity index (χ3v) is 6.89. The van der Waals surface area contributed by atoms with Crippen molar-refractivity contribution in [1.29, 1.82) is 0 Å². The molecule has 3 rings (SSSR count). The van der Waals surface area contributed by atoms with Gasteiger partial charge >= 0.3 is 0 Å². The molecular formula is C20H26IN3OSi. The van der Waals surface area contributed by atoms with Gasteiger partial charge in [0.25, 0.3) is 0 Å². The first-order valence-corrected chi connectivity index (χ1v) is 13.7. The summed E-state index contributed by atoms with van der Waals surface area (Å²) in [6.45, 7) is 10.6. The minimum atomic E-state index is -1.06. The number of aromatic nitrogens is 3. The number of halogens is 1. The summed E-state index contributed by atoms with van der Waals surface area (Å²) in [6, 6.07) is 9.78. The molecule has 2 heterocycles. The topological polar surface area (TPSA) is 39.9 Å². The van der Waals surface area contributed by atoms with Gasteiger partial charge in [-0.15, -0.1) is 0 Å². The lowest BCUT2D eigenvalue weighted by Gasteiger charge is -2.15. The number of aryl methyl sites for hydroxylation is 1. The van der Waals surface area contributed by atoms with Crippen LogP contribution in [-0.4, -0.2) is 29.2 Å². The molecule has 0 unspecified atom stereocenters. The van der Waals surface area contributed by atoms with Crippen LogP contribution in [0.15, 0.2) is 36.8 Å². The van der Waals surface area contributed by atoms with Crippen molar-refractivity contribution < 1.29 is 4.74 Å². The molecule has 0 radical (unpaired) electrons. The summed E-state index contributed by atoms with van der Waals surface area (Å²) in [4.78, 5) is 9.10. The zero-order valence-electron chi connectivity index (χ0n) is 15.9. The van der Waals surface area contributed by atoms with Crippen LogP contribution in [0.5, 0.6) is 0 Å². The largest absolute Gasteiger partial charge is 0.361 e. The van der Waals surface area contributed by atoms with E-state index in [0.717, 1.165) is 29.8 Å². The van der Waals surface area contributed by atoms with Crippen LogP contribution in [0.1, 0.15) is 16.8 Å². The second-order valence-corrected chi connectivity index (χ2v) is 14.8. The molecule has 1 aromatic carbocycles. The van der Waals surface area contributed by atoms with Gasteiger partial charge in [0.05, 0.1) is 11.1 Å². The van der Waals surface area contributed by atoms with Crippen LogP contribution >= 0.6 is 22.6 Å². The number of hydrogen-bond acceptors (Lipinski definition) is 3. The molecule has 26 heavy (non-hydrogen) atoms. The van der Waals surface area contributed by atoms with Gasteiger partial charge in [0.1, 0.15) is 18.7 Å². The molecule has 0 saturated heterocycles. The molecule has 0 bridgehead atoms. The lowest BCUT2D eigenvalue weighted by atomic mass is 10.1. The molecule has 138 valence electrons. The van der Waals surface area contributed by atoms with E-state index < -0.39 is 8.07 Å². The molecule has 0 aliphatic rings. The number of fused-ring (bicyclic) bond motifs is 1. The molecule has 3 aromatic rings. The zero-order chi connectivity index (χ0) is 18.7. The molecular weight excluding hydrogens is 453 g/mol. The Morgan fingerprint density at radius 1 is 1.19 bits per heavy atom. The van der Waals surface area contributed by atoms with Crippen LogP contribution in [0, 0.1) is 10.5 Å². The van der Waals surface area contributed by atoms with Gasteiger partial charge in [-0.1, -0.05) is 49.5 Å². The van der Waals surface area contributed by atoms with Crippen molar-refractivity contribution in [2.75, 3.05) is 6.61 Å². The molecule has 0 atom stereocenters. The first-order chi connectivity index (χ1) is 12.3.